The van der Waals surface area contributed by atoms with Crippen LogP contribution in [0, 0.1) is 0 Å². The van der Waals surface area contributed by atoms with Crippen LogP contribution < -0.4 is 4.74 Å². The SMILES string of the molecule is COc1ccc(C(=O)CS(=O)(=O)C(C)(C)C)cc1Cl. The summed E-state index contributed by atoms with van der Waals surface area (Å²) in [7, 11) is -2.03. The lowest BCUT2D eigenvalue weighted by Crippen LogP contribution is -2.33. The zero-order valence-electron chi connectivity index (χ0n) is 11.4. The van der Waals surface area contributed by atoms with E-state index in [4.69, 9.17) is 16.3 Å². The molecule has 0 aliphatic rings. The van der Waals surface area contributed by atoms with Gasteiger partial charge >= 0.3 is 0 Å². The molecule has 19 heavy (non-hydrogen) atoms. The summed E-state index contributed by atoms with van der Waals surface area (Å²) in [4.78, 5) is 12.0. The first kappa shape index (κ1) is 16.0. The maximum absolute atomic E-state index is 12.0. The molecule has 4 nitrogen and oxygen atoms in total. The van der Waals surface area contributed by atoms with Gasteiger partial charge in [0.1, 0.15) is 11.5 Å². The van der Waals surface area contributed by atoms with E-state index in [-0.39, 0.29) is 10.6 Å². The van der Waals surface area contributed by atoms with Crippen molar-refractivity contribution in [2.45, 2.75) is 25.5 Å². The molecule has 0 radical (unpaired) electrons. The maximum Gasteiger partial charge on any atom is 0.177 e. The van der Waals surface area contributed by atoms with Gasteiger partial charge in [0.2, 0.25) is 0 Å². The molecule has 0 heterocycles. The molecule has 0 aliphatic carbocycles. The highest BCUT2D eigenvalue weighted by Crippen LogP contribution is 2.26. The van der Waals surface area contributed by atoms with Crippen molar-refractivity contribution < 1.29 is 17.9 Å². The molecule has 1 aromatic rings. The highest BCUT2D eigenvalue weighted by atomic mass is 35.5. The molecule has 0 N–H and O–H groups in total. The molecule has 0 spiro atoms. The third-order valence-corrected chi connectivity index (χ3v) is 5.53. The molecule has 0 fully saturated rings. The molecule has 6 heteroatoms. The van der Waals surface area contributed by atoms with Crippen LogP contribution in [0.4, 0.5) is 0 Å². The predicted octanol–water partition coefficient (Wildman–Crippen LogP) is 2.74. The minimum Gasteiger partial charge on any atom is -0.495 e. The van der Waals surface area contributed by atoms with Gasteiger partial charge in [0, 0.05) is 5.56 Å². The number of hydrogen-bond acceptors (Lipinski definition) is 4. The van der Waals surface area contributed by atoms with Gasteiger partial charge in [-0.1, -0.05) is 11.6 Å². The first-order valence-electron chi connectivity index (χ1n) is 5.67. The lowest BCUT2D eigenvalue weighted by Gasteiger charge is -2.18. The first-order chi connectivity index (χ1) is 8.58. The number of Topliss-reactive ketones (excluding diaryl/α,β-unsaturated/α-hetero) is 1. The highest BCUT2D eigenvalue weighted by Gasteiger charge is 2.31. The Balaban J connectivity index is 3.00. The lowest BCUT2D eigenvalue weighted by atomic mass is 10.1. The molecular weight excluding hydrogens is 288 g/mol. The van der Waals surface area contributed by atoms with Crippen molar-refractivity contribution in [3.05, 3.63) is 28.8 Å². The molecule has 0 aromatic heterocycles. The van der Waals surface area contributed by atoms with Crippen LogP contribution >= 0.6 is 11.6 Å². The largest absolute Gasteiger partial charge is 0.495 e. The van der Waals surface area contributed by atoms with Crippen molar-refractivity contribution in [3.63, 3.8) is 0 Å². The number of ketones is 1. The zero-order chi connectivity index (χ0) is 14.8. The molecule has 0 saturated carbocycles. The van der Waals surface area contributed by atoms with Gasteiger partial charge in [-0.05, 0) is 39.0 Å². The van der Waals surface area contributed by atoms with Gasteiger partial charge in [0.05, 0.1) is 16.9 Å². The summed E-state index contributed by atoms with van der Waals surface area (Å²) >= 11 is 5.91. The Morgan fingerprint density at radius 1 is 1.32 bits per heavy atom. The van der Waals surface area contributed by atoms with Crippen LogP contribution in [0.3, 0.4) is 0 Å². The van der Waals surface area contributed by atoms with Crippen LogP contribution in [-0.4, -0.2) is 31.8 Å². The van der Waals surface area contributed by atoms with Crippen molar-refractivity contribution in [3.8, 4) is 5.75 Å². The molecule has 0 aliphatic heterocycles. The molecule has 0 amide bonds. The normalized spacial score (nSPS) is 12.3. The van der Waals surface area contributed by atoms with Gasteiger partial charge in [-0.25, -0.2) is 8.42 Å². The number of halogens is 1. The Hall–Kier alpha value is -1.07. The Morgan fingerprint density at radius 2 is 1.89 bits per heavy atom. The quantitative estimate of drug-likeness (QED) is 0.803. The van der Waals surface area contributed by atoms with Crippen molar-refractivity contribution in [2.75, 3.05) is 12.9 Å². The smallest absolute Gasteiger partial charge is 0.177 e. The maximum atomic E-state index is 12.0. The minimum absolute atomic E-state index is 0.263. The number of carbonyl (C=O) groups is 1. The standard InChI is InChI=1S/C13H17ClO4S/c1-13(2,3)19(16,17)8-11(15)9-5-6-12(18-4)10(14)7-9/h5-7H,8H2,1-4H3. The van der Waals surface area contributed by atoms with E-state index in [9.17, 15) is 13.2 Å². The number of benzene rings is 1. The molecule has 0 saturated heterocycles. The average Bonchev–Trinajstić information content (AvgIpc) is 2.26. The summed E-state index contributed by atoms with van der Waals surface area (Å²) in [5, 5.41) is 0.279. The zero-order valence-corrected chi connectivity index (χ0v) is 12.9. The van der Waals surface area contributed by atoms with Crippen LogP contribution in [0.25, 0.3) is 0 Å². The fraction of sp³-hybridized carbons (Fsp3) is 0.462. The molecule has 0 bridgehead atoms. The van der Waals surface area contributed by atoms with Crippen LogP contribution in [0.2, 0.25) is 5.02 Å². The van der Waals surface area contributed by atoms with E-state index in [1.54, 1.807) is 26.8 Å². The van der Waals surface area contributed by atoms with Gasteiger partial charge in [0.15, 0.2) is 15.6 Å². The van der Waals surface area contributed by atoms with E-state index >= 15 is 0 Å². The second-order valence-corrected chi connectivity index (χ2v) is 8.29. The average molecular weight is 305 g/mol. The van der Waals surface area contributed by atoms with Crippen LogP contribution in [-0.2, 0) is 9.84 Å². The van der Waals surface area contributed by atoms with E-state index in [0.29, 0.717) is 5.75 Å². The monoisotopic (exact) mass is 304 g/mol. The topological polar surface area (TPSA) is 60.4 Å². The summed E-state index contributed by atoms with van der Waals surface area (Å²) in [6.45, 7) is 4.70. The second kappa shape index (κ2) is 5.51. The Morgan fingerprint density at radius 3 is 2.32 bits per heavy atom. The van der Waals surface area contributed by atoms with E-state index in [1.807, 2.05) is 0 Å². The fourth-order valence-electron chi connectivity index (χ4n) is 1.31. The van der Waals surface area contributed by atoms with Crippen molar-refractivity contribution in [2.24, 2.45) is 0 Å². The van der Waals surface area contributed by atoms with Gasteiger partial charge < -0.3 is 4.74 Å². The third-order valence-electron chi connectivity index (χ3n) is 2.73. The first-order valence-corrected chi connectivity index (χ1v) is 7.70. The number of ether oxygens (including phenoxy) is 1. The Labute approximate surface area is 118 Å². The Kier molecular flexibility index (Phi) is 4.63. The number of methoxy groups -OCH3 is 1. The van der Waals surface area contributed by atoms with E-state index in [0.717, 1.165) is 0 Å². The summed E-state index contributed by atoms with van der Waals surface area (Å²) in [5.74, 6) is -0.560. The molecule has 1 rings (SSSR count). The third kappa shape index (κ3) is 3.70. The van der Waals surface area contributed by atoms with Gasteiger partial charge in [-0.3, -0.25) is 4.79 Å². The molecule has 1 aromatic carbocycles. The fourth-order valence-corrected chi connectivity index (χ4v) is 2.51. The molecule has 106 valence electrons. The van der Waals surface area contributed by atoms with Gasteiger partial charge in [-0.15, -0.1) is 0 Å². The van der Waals surface area contributed by atoms with Crippen molar-refractivity contribution in [1.29, 1.82) is 0 Å². The van der Waals surface area contributed by atoms with E-state index in [1.165, 1.54) is 19.2 Å². The Bertz CT molecular complexity index is 585. The summed E-state index contributed by atoms with van der Waals surface area (Å²) in [6.07, 6.45) is 0. The number of rotatable bonds is 4. The van der Waals surface area contributed by atoms with Crippen LogP contribution in [0.1, 0.15) is 31.1 Å². The van der Waals surface area contributed by atoms with Gasteiger partial charge in [-0.2, -0.15) is 0 Å². The summed E-state index contributed by atoms with van der Waals surface area (Å²) < 4.78 is 27.9. The van der Waals surface area contributed by atoms with Crippen LogP contribution in [0.15, 0.2) is 18.2 Å². The predicted molar refractivity (Wildman–Crippen MR) is 75.9 cm³/mol. The molecular formula is C13H17ClO4S. The summed E-state index contributed by atoms with van der Waals surface area (Å²) in [5.41, 5.74) is 0.263. The van der Waals surface area contributed by atoms with Crippen LogP contribution in [0.5, 0.6) is 5.75 Å². The number of sulfone groups is 1. The molecule has 0 unspecified atom stereocenters. The summed E-state index contributed by atoms with van der Waals surface area (Å²) in [6, 6.07) is 4.46. The molecule has 0 atom stereocenters. The van der Waals surface area contributed by atoms with E-state index in [2.05, 4.69) is 0 Å². The minimum atomic E-state index is -3.50. The highest BCUT2D eigenvalue weighted by molar-refractivity contribution is 7.93. The van der Waals surface area contributed by atoms with Crippen molar-refractivity contribution >= 4 is 27.2 Å². The van der Waals surface area contributed by atoms with Gasteiger partial charge in [0.25, 0.3) is 0 Å². The van der Waals surface area contributed by atoms with Crippen molar-refractivity contribution in [1.82, 2.24) is 0 Å². The number of hydrogen-bond donors (Lipinski definition) is 0. The lowest BCUT2D eigenvalue weighted by molar-refractivity contribution is 0.102. The second-order valence-electron chi connectivity index (χ2n) is 5.14. The van der Waals surface area contributed by atoms with E-state index < -0.39 is 26.1 Å². The number of carbonyl (C=O) groups excluding carboxylic acids is 1.